The molecule has 0 aliphatic heterocycles. The van der Waals surface area contributed by atoms with Crippen LogP contribution in [0.5, 0.6) is 0 Å². The van der Waals surface area contributed by atoms with Gasteiger partial charge in [0.05, 0.1) is 16.8 Å². The van der Waals surface area contributed by atoms with Crippen molar-refractivity contribution < 1.29 is 4.52 Å². The molecule has 0 radical (unpaired) electrons. The van der Waals surface area contributed by atoms with Crippen molar-refractivity contribution in [2.75, 3.05) is 0 Å². The van der Waals surface area contributed by atoms with E-state index >= 15 is 0 Å². The second kappa shape index (κ2) is 7.98. The highest BCUT2D eigenvalue weighted by Crippen LogP contribution is 2.33. The summed E-state index contributed by atoms with van der Waals surface area (Å²) < 4.78 is 8.42. The minimum atomic E-state index is -0.233. The van der Waals surface area contributed by atoms with Gasteiger partial charge in [-0.3, -0.25) is 4.79 Å². The highest BCUT2D eigenvalue weighted by atomic mass is 16.5. The number of hydrogen-bond donors (Lipinski definition) is 0. The van der Waals surface area contributed by atoms with Gasteiger partial charge in [-0.05, 0) is 24.6 Å². The van der Waals surface area contributed by atoms with E-state index in [-0.39, 0.29) is 12.1 Å². The summed E-state index contributed by atoms with van der Waals surface area (Å²) in [4.78, 5) is 16.8. The Morgan fingerprint density at radius 1 is 0.968 bits per heavy atom. The number of pyridine rings is 1. The molecule has 154 valence electrons. The number of aromatic nitrogens is 6. The predicted octanol–water partition coefficient (Wildman–Crippen LogP) is 3.61. The van der Waals surface area contributed by atoms with Crippen LogP contribution in [0.25, 0.3) is 28.0 Å². The second-order valence-electron chi connectivity index (χ2n) is 7.19. The van der Waals surface area contributed by atoms with Gasteiger partial charge in [-0.15, -0.1) is 0 Å². The quantitative estimate of drug-likeness (QED) is 0.423. The van der Waals surface area contributed by atoms with Gasteiger partial charge in [-0.2, -0.15) is 15.2 Å². The van der Waals surface area contributed by atoms with Crippen LogP contribution >= 0.6 is 0 Å². The highest BCUT2D eigenvalue weighted by Gasteiger charge is 2.18. The molecular formula is C23H20N6O2. The first-order valence-electron chi connectivity index (χ1n) is 10.2. The van der Waals surface area contributed by atoms with Crippen LogP contribution in [0.15, 0.2) is 76.2 Å². The Bertz CT molecular complexity index is 1400. The standard InChI is InChI=1S/C23H20N6O2/c1-2-8-20-24-19(27-31-20)15-29-21(30)13-12-17(25-29)22-18-11-6-7-14-28(18)26-23(22)16-9-4-3-5-10-16/h3-7,9-14H,2,8,15H2,1H3. The van der Waals surface area contributed by atoms with Crippen LogP contribution < -0.4 is 5.56 Å². The Morgan fingerprint density at radius 3 is 2.65 bits per heavy atom. The molecule has 0 aliphatic carbocycles. The molecule has 0 saturated carbocycles. The summed E-state index contributed by atoms with van der Waals surface area (Å²) in [5, 5.41) is 13.4. The molecule has 0 fully saturated rings. The molecule has 0 aliphatic rings. The number of nitrogens with zero attached hydrogens (tertiary/aromatic N) is 6. The maximum atomic E-state index is 12.5. The Morgan fingerprint density at radius 2 is 1.81 bits per heavy atom. The molecule has 5 rings (SSSR count). The molecule has 31 heavy (non-hydrogen) atoms. The fourth-order valence-electron chi connectivity index (χ4n) is 3.55. The number of hydrogen-bond acceptors (Lipinski definition) is 6. The van der Waals surface area contributed by atoms with E-state index in [1.807, 2.05) is 66.2 Å². The first kappa shape index (κ1) is 18.9. The van der Waals surface area contributed by atoms with Crippen molar-refractivity contribution in [3.63, 3.8) is 0 Å². The van der Waals surface area contributed by atoms with Crippen molar-refractivity contribution in [3.8, 4) is 22.5 Å². The van der Waals surface area contributed by atoms with Gasteiger partial charge in [0.15, 0.2) is 5.82 Å². The smallest absolute Gasteiger partial charge is 0.267 e. The monoisotopic (exact) mass is 412 g/mol. The lowest BCUT2D eigenvalue weighted by Gasteiger charge is -2.06. The average molecular weight is 412 g/mol. The molecule has 4 heterocycles. The van der Waals surface area contributed by atoms with Gasteiger partial charge in [0.2, 0.25) is 5.89 Å². The minimum absolute atomic E-state index is 0.139. The number of fused-ring (bicyclic) bond motifs is 1. The third kappa shape index (κ3) is 3.63. The fourth-order valence-corrected chi connectivity index (χ4v) is 3.55. The van der Waals surface area contributed by atoms with Gasteiger partial charge in [0.25, 0.3) is 5.56 Å². The molecule has 1 aromatic carbocycles. The van der Waals surface area contributed by atoms with Crippen LogP contribution in [0, 0.1) is 0 Å². The zero-order valence-corrected chi connectivity index (χ0v) is 17.0. The molecule has 8 heteroatoms. The lowest BCUT2D eigenvalue weighted by Crippen LogP contribution is -2.23. The molecule has 4 aromatic heterocycles. The van der Waals surface area contributed by atoms with Crippen LogP contribution in [0.3, 0.4) is 0 Å². The number of rotatable bonds is 6. The van der Waals surface area contributed by atoms with E-state index in [4.69, 9.17) is 9.62 Å². The van der Waals surface area contributed by atoms with Gasteiger partial charge >= 0.3 is 0 Å². The van der Waals surface area contributed by atoms with Crippen molar-refractivity contribution in [2.45, 2.75) is 26.3 Å². The molecule has 0 atom stereocenters. The Balaban J connectivity index is 1.62. The lowest BCUT2D eigenvalue weighted by atomic mass is 10.0. The first-order valence-corrected chi connectivity index (χ1v) is 10.2. The summed E-state index contributed by atoms with van der Waals surface area (Å²) in [6.07, 6.45) is 3.51. The maximum absolute atomic E-state index is 12.5. The van der Waals surface area contributed by atoms with E-state index in [9.17, 15) is 4.79 Å². The van der Waals surface area contributed by atoms with Crippen LogP contribution in [0.1, 0.15) is 25.1 Å². The summed E-state index contributed by atoms with van der Waals surface area (Å²) in [5.74, 6) is 0.994. The molecular weight excluding hydrogens is 392 g/mol. The van der Waals surface area contributed by atoms with Crippen molar-refractivity contribution >= 4 is 5.52 Å². The van der Waals surface area contributed by atoms with E-state index in [1.165, 1.54) is 10.7 Å². The van der Waals surface area contributed by atoms with Gasteiger partial charge < -0.3 is 4.52 Å². The molecule has 8 nitrogen and oxygen atoms in total. The third-order valence-corrected chi connectivity index (χ3v) is 4.98. The summed E-state index contributed by atoms with van der Waals surface area (Å²) in [6.45, 7) is 2.18. The fraction of sp³-hybridized carbons (Fsp3) is 0.174. The first-order chi connectivity index (χ1) is 15.2. The molecule has 0 unspecified atom stereocenters. The molecule has 0 bridgehead atoms. The summed E-state index contributed by atoms with van der Waals surface area (Å²) in [5.41, 5.74) is 3.96. The highest BCUT2D eigenvalue weighted by molar-refractivity contribution is 5.90. The van der Waals surface area contributed by atoms with Crippen molar-refractivity contribution in [3.05, 3.63) is 88.9 Å². The summed E-state index contributed by atoms with van der Waals surface area (Å²) in [7, 11) is 0. The van der Waals surface area contributed by atoms with Gasteiger partial charge in [0, 0.05) is 24.2 Å². The van der Waals surface area contributed by atoms with Crippen molar-refractivity contribution in [1.29, 1.82) is 0 Å². The van der Waals surface area contributed by atoms with Crippen molar-refractivity contribution in [2.24, 2.45) is 0 Å². The van der Waals surface area contributed by atoms with E-state index in [2.05, 4.69) is 15.2 Å². The number of aryl methyl sites for hydroxylation is 1. The Kier molecular flexibility index (Phi) is 4.87. The molecule has 5 aromatic rings. The van der Waals surface area contributed by atoms with E-state index in [0.717, 1.165) is 28.8 Å². The Hall–Kier alpha value is -4.07. The molecule has 0 spiro atoms. The molecule has 0 amide bonds. The normalized spacial score (nSPS) is 11.3. The zero-order valence-electron chi connectivity index (χ0n) is 17.0. The zero-order chi connectivity index (χ0) is 21.2. The largest absolute Gasteiger partial charge is 0.339 e. The topological polar surface area (TPSA) is 91.1 Å². The summed E-state index contributed by atoms with van der Waals surface area (Å²) >= 11 is 0. The van der Waals surface area contributed by atoms with Gasteiger partial charge in [-0.25, -0.2) is 9.20 Å². The second-order valence-corrected chi connectivity index (χ2v) is 7.19. The SMILES string of the molecule is CCCc1nc(Cn2nc(-c3c(-c4ccccc4)nn4ccccc34)ccc2=O)no1. The van der Waals surface area contributed by atoms with E-state index < -0.39 is 0 Å². The van der Waals surface area contributed by atoms with Crippen LogP contribution in [0.2, 0.25) is 0 Å². The van der Waals surface area contributed by atoms with E-state index in [0.29, 0.717) is 23.8 Å². The van der Waals surface area contributed by atoms with Crippen LogP contribution in [0.4, 0.5) is 0 Å². The predicted molar refractivity (Wildman–Crippen MR) is 116 cm³/mol. The van der Waals surface area contributed by atoms with Gasteiger partial charge in [0.1, 0.15) is 12.2 Å². The summed E-state index contributed by atoms with van der Waals surface area (Å²) in [6, 6.07) is 19.0. The number of benzene rings is 1. The average Bonchev–Trinajstić information content (AvgIpc) is 3.40. The minimum Gasteiger partial charge on any atom is -0.339 e. The van der Waals surface area contributed by atoms with Crippen LogP contribution in [-0.4, -0.2) is 29.5 Å². The van der Waals surface area contributed by atoms with Gasteiger partial charge in [-0.1, -0.05) is 48.5 Å². The van der Waals surface area contributed by atoms with E-state index in [1.54, 1.807) is 6.07 Å². The molecule has 0 saturated heterocycles. The van der Waals surface area contributed by atoms with Crippen LogP contribution in [-0.2, 0) is 13.0 Å². The maximum Gasteiger partial charge on any atom is 0.267 e. The lowest BCUT2D eigenvalue weighted by molar-refractivity contribution is 0.370. The Labute approximate surface area is 177 Å². The van der Waals surface area contributed by atoms with Crippen molar-refractivity contribution in [1.82, 2.24) is 29.5 Å². The third-order valence-electron chi connectivity index (χ3n) is 4.98. The molecule has 0 N–H and O–H groups in total.